The Balaban J connectivity index is 2.39. The minimum atomic E-state index is 0.374. The first kappa shape index (κ1) is 17.5. The summed E-state index contributed by atoms with van der Waals surface area (Å²) in [5, 5.41) is 3.42. The molecule has 0 saturated carbocycles. The van der Waals surface area contributed by atoms with E-state index in [1.807, 2.05) is 0 Å². The fraction of sp³-hybridized carbons (Fsp3) is 0.647. The number of nitrogens with one attached hydrogen (secondary N) is 1. The van der Waals surface area contributed by atoms with Crippen molar-refractivity contribution in [1.29, 1.82) is 0 Å². The highest BCUT2D eigenvalue weighted by Crippen LogP contribution is 2.28. The summed E-state index contributed by atoms with van der Waals surface area (Å²) in [7, 11) is 0. The van der Waals surface area contributed by atoms with E-state index in [1.165, 1.54) is 31.2 Å². The standard InChI is InChI=1S/C17H28BrNO/c1-4-6-7-8-9-12-20-17-11-10-15(13-16(17)18)14(3)19-5-2/h10-11,13-14,19H,4-9,12H2,1-3H3. The van der Waals surface area contributed by atoms with Crippen LogP contribution in [-0.4, -0.2) is 13.2 Å². The first-order valence-corrected chi connectivity index (χ1v) is 8.64. The third-order valence-corrected chi connectivity index (χ3v) is 4.09. The van der Waals surface area contributed by atoms with Crippen LogP contribution < -0.4 is 10.1 Å². The smallest absolute Gasteiger partial charge is 0.133 e. The van der Waals surface area contributed by atoms with E-state index in [-0.39, 0.29) is 0 Å². The van der Waals surface area contributed by atoms with E-state index in [0.29, 0.717) is 6.04 Å². The van der Waals surface area contributed by atoms with Gasteiger partial charge in [-0.15, -0.1) is 0 Å². The molecule has 0 radical (unpaired) electrons. The Morgan fingerprint density at radius 1 is 1.15 bits per heavy atom. The molecule has 1 unspecified atom stereocenters. The van der Waals surface area contributed by atoms with Crippen molar-refractivity contribution in [2.75, 3.05) is 13.2 Å². The summed E-state index contributed by atoms with van der Waals surface area (Å²) in [4.78, 5) is 0. The van der Waals surface area contributed by atoms with Crippen molar-refractivity contribution in [1.82, 2.24) is 5.32 Å². The Morgan fingerprint density at radius 3 is 2.55 bits per heavy atom. The van der Waals surface area contributed by atoms with Gasteiger partial charge in [-0.1, -0.05) is 45.6 Å². The van der Waals surface area contributed by atoms with E-state index < -0.39 is 0 Å². The average Bonchev–Trinajstić information content (AvgIpc) is 2.44. The summed E-state index contributed by atoms with van der Waals surface area (Å²) >= 11 is 3.61. The quantitative estimate of drug-likeness (QED) is 0.569. The monoisotopic (exact) mass is 341 g/mol. The van der Waals surface area contributed by atoms with Gasteiger partial charge in [-0.3, -0.25) is 0 Å². The number of rotatable bonds is 10. The minimum Gasteiger partial charge on any atom is -0.492 e. The zero-order valence-electron chi connectivity index (χ0n) is 13.0. The van der Waals surface area contributed by atoms with Gasteiger partial charge in [0.2, 0.25) is 0 Å². The van der Waals surface area contributed by atoms with Crippen LogP contribution in [0.15, 0.2) is 22.7 Å². The maximum atomic E-state index is 5.84. The molecule has 20 heavy (non-hydrogen) atoms. The highest BCUT2D eigenvalue weighted by Gasteiger charge is 2.07. The van der Waals surface area contributed by atoms with Gasteiger partial charge in [0.05, 0.1) is 11.1 Å². The zero-order valence-corrected chi connectivity index (χ0v) is 14.6. The second kappa shape index (κ2) is 10.2. The van der Waals surface area contributed by atoms with Crippen molar-refractivity contribution in [3.63, 3.8) is 0 Å². The van der Waals surface area contributed by atoms with Crippen molar-refractivity contribution in [3.05, 3.63) is 28.2 Å². The van der Waals surface area contributed by atoms with Crippen LogP contribution in [0.2, 0.25) is 0 Å². The van der Waals surface area contributed by atoms with Gasteiger partial charge in [-0.2, -0.15) is 0 Å². The lowest BCUT2D eigenvalue weighted by atomic mass is 10.1. The molecule has 0 bridgehead atoms. The molecular formula is C17H28BrNO. The van der Waals surface area contributed by atoms with Gasteiger partial charge in [0, 0.05) is 6.04 Å². The first-order valence-electron chi connectivity index (χ1n) is 7.84. The molecule has 0 fully saturated rings. The van der Waals surface area contributed by atoms with E-state index in [4.69, 9.17) is 4.74 Å². The summed E-state index contributed by atoms with van der Waals surface area (Å²) < 4.78 is 6.89. The molecule has 1 rings (SSSR count). The van der Waals surface area contributed by atoms with E-state index in [1.54, 1.807) is 0 Å². The van der Waals surface area contributed by atoms with Crippen LogP contribution >= 0.6 is 15.9 Å². The highest BCUT2D eigenvalue weighted by atomic mass is 79.9. The van der Waals surface area contributed by atoms with Gasteiger partial charge in [0.25, 0.3) is 0 Å². The lowest BCUT2D eigenvalue weighted by Gasteiger charge is -2.15. The molecule has 2 nitrogen and oxygen atoms in total. The van der Waals surface area contributed by atoms with Crippen LogP contribution in [0, 0.1) is 0 Å². The summed E-state index contributed by atoms with van der Waals surface area (Å²) in [6.45, 7) is 8.34. The maximum absolute atomic E-state index is 5.84. The topological polar surface area (TPSA) is 21.3 Å². The predicted octanol–water partition coefficient (Wildman–Crippen LogP) is 5.47. The van der Waals surface area contributed by atoms with Crippen molar-refractivity contribution < 1.29 is 4.74 Å². The van der Waals surface area contributed by atoms with Crippen LogP contribution in [0.25, 0.3) is 0 Å². The molecule has 3 heteroatoms. The number of ether oxygens (including phenoxy) is 1. The highest BCUT2D eigenvalue weighted by molar-refractivity contribution is 9.10. The zero-order chi connectivity index (χ0) is 14.8. The van der Waals surface area contributed by atoms with Gasteiger partial charge in [-0.05, 0) is 53.5 Å². The van der Waals surface area contributed by atoms with E-state index in [9.17, 15) is 0 Å². The normalized spacial score (nSPS) is 12.4. The Hall–Kier alpha value is -0.540. The van der Waals surface area contributed by atoms with Crippen molar-refractivity contribution >= 4 is 15.9 Å². The average molecular weight is 342 g/mol. The number of benzene rings is 1. The number of hydrogen-bond donors (Lipinski definition) is 1. The number of hydrogen-bond acceptors (Lipinski definition) is 2. The third-order valence-electron chi connectivity index (χ3n) is 3.47. The minimum absolute atomic E-state index is 0.374. The van der Waals surface area contributed by atoms with E-state index >= 15 is 0 Å². The van der Waals surface area contributed by atoms with Gasteiger partial charge in [-0.25, -0.2) is 0 Å². The Morgan fingerprint density at radius 2 is 1.90 bits per heavy atom. The SMILES string of the molecule is CCCCCCCOc1ccc(C(C)NCC)cc1Br. The van der Waals surface area contributed by atoms with Crippen LogP contribution in [-0.2, 0) is 0 Å². The van der Waals surface area contributed by atoms with Gasteiger partial charge in [0.1, 0.15) is 5.75 Å². The van der Waals surface area contributed by atoms with Gasteiger partial charge in [0.15, 0.2) is 0 Å². The summed E-state index contributed by atoms with van der Waals surface area (Å²) in [6.07, 6.45) is 6.35. The van der Waals surface area contributed by atoms with Crippen molar-refractivity contribution in [3.8, 4) is 5.75 Å². The summed E-state index contributed by atoms with van der Waals surface area (Å²) in [6, 6.07) is 6.74. The van der Waals surface area contributed by atoms with Gasteiger partial charge < -0.3 is 10.1 Å². The maximum Gasteiger partial charge on any atom is 0.133 e. The molecular weight excluding hydrogens is 314 g/mol. The molecule has 0 aliphatic carbocycles. The number of halogens is 1. The molecule has 0 heterocycles. The lowest BCUT2D eigenvalue weighted by Crippen LogP contribution is -2.17. The Bertz CT molecular complexity index is 381. The molecule has 114 valence electrons. The number of unbranched alkanes of at least 4 members (excludes halogenated alkanes) is 4. The molecule has 0 aliphatic rings. The fourth-order valence-electron chi connectivity index (χ4n) is 2.22. The van der Waals surface area contributed by atoms with Gasteiger partial charge >= 0.3 is 0 Å². The summed E-state index contributed by atoms with van der Waals surface area (Å²) in [5.41, 5.74) is 1.29. The van der Waals surface area contributed by atoms with Crippen LogP contribution in [0.4, 0.5) is 0 Å². The molecule has 1 aromatic carbocycles. The first-order chi connectivity index (χ1) is 9.69. The predicted molar refractivity (Wildman–Crippen MR) is 90.5 cm³/mol. The Kier molecular flexibility index (Phi) is 8.95. The fourth-order valence-corrected chi connectivity index (χ4v) is 2.73. The van der Waals surface area contributed by atoms with Crippen molar-refractivity contribution in [2.24, 2.45) is 0 Å². The van der Waals surface area contributed by atoms with Crippen LogP contribution in [0.5, 0.6) is 5.75 Å². The van der Waals surface area contributed by atoms with Crippen LogP contribution in [0.3, 0.4) is 0 Å². The van der Waals surface area contributed by atoms with E-state index in [2.05, 4.69) is 60.2 Å². The Labute approximate surface area is 132 Å². The van der Waals surface area contributed by atoms with Crippen LogP contribution in [0.1, 0.15) is 64.5 Å². The molecule has 0 spiro atoms. The molecule has 0 saturated heterocycles. The molecule has 1 aromatic rings. The summed E-state index contributed by atoms with van der Waals surface area (Å²) in [5.74, 6) is 0.952. The molecule has 1 atom stereocenters. The lowest BCUT2D eigenvalue weighted by molar-refractivity contribution is 0.302. The largest absolute Gasteiger partial charge is 0.492 e. The molecule has 0 aliphatic heterocycles. The van der Waals surface area contributed by atoms with Crippen molar-refractivity contribution in [2.45, 2.75) is 58.9 Å². The molecule has 0 amide bonds. The second-order valence-electron chi connectivity index (χ2n) is 5.23. The molecule has 0 aromatic heterocycles. The second-order valence-corrected chi connectivity index (χ2v) is 6.09. The van der Waals surface area contributed by atoms with E-state index in [0.717, 1.165) is 29.8 Å². The third kappa shape index (κ3) is 6.27. The molecule has 1 N–H and O–H groups in total.